The van der Waals surface area contributed by atoms with Crippen molar-refractivity contribution in [3.63, 3.8) is 0 Å². The molecule has 0 saturated heterocycles. The first-order valence-electron chi connectivity index (χ1n) is 4.49. The van der Waals surface area contributed by atoms with E-state index in [0.29, 0.717) is 15.0 Å². The van der Waals surface area contributed by atoms with Crippen molar-refractivity contribution in [2.24, 2.45) is 0 Å². The van der Waals surface area contributed by atoms with Crippen molar-refractivity contribution in [1.29, 1.82) is 0 Å². The van der Waals surface area contributed by atoms with Gasteiger partial charge in [-0.1, -0.05) is 16.1 Å². The minimum atomic E-state index is -0.737. The number of ketones is 1. The normalized spacial score (nSPS) is 10.6. The van der Waals surface area contributed by atoms with Crippen molar-refractivity contribution in [3.05, 3.63) is 43.6 Å². The molecular formula is C10H5BrClFN2OS. The maximum atomic E-state index is 13.8. The van der Waals surface area contributed by atoms with Crippen LogP contribution < -0.4 is 0 Å². The van der Waals surface area contributed by atoms with Crippen LogP contribution in [-0.4, -0.2) is 15.4 Å². The Bertz CT molecular complexity index is 602. The molecule has 0 unspecified atom stereocenters. The number of nitrogens with zero attached hydrogens (tertiary/aromatic N) is 2. The highest BCUT2D eigenvalue weighted by molar-refractivity contribution is 9.10. The fourth-order valence-electron chi connectivity index (χ4n) is 1.26. The zero-order valence-corrected chi connectivity index (χ0v) is 11.7. The number of aryl methyl sites for hydroxylation is 1. The van der Waals surface area contributed by atoms with Crippen molar-refractivity contribution in [2.75, 3.05) is 0 Å². The van der Waals surface area contributed by atoms with E-state index in [1.807, 2.05) is 0 Å². The van der Waals surface area contributed by atoms with Crippen molar-refractivity contribution in [2.45, 2.75) is 6.92 Å². The third kappa shape index (κ3) is 2.25. The van der Waals surface area contributed by atoms with E-state index in [1.165, 1.54) is 12.1 Å². The monoisotopic (exact) mass is 334 g/mol. The smallest absolute Gasteiger partial charge is 0.209 e. The number of halogens is 3. The molecule has 2 rings (SSSR count). The minimum Gasteiger partial charge on any atom is -0.287 e. The molecule has 0 aliphatic rings. The Morgan fingerprint density at radius 1 is 1.53 bits per heavy atom. The van der Waals surface area contributed by atoms with Gasteiger partial charge in [0.05, 0.1) is 16.3 Å². The summed E-state index contributed by atoms with van der Waals surface area (Å²) in [7, 11) is 0. The molecule has 0 amide bonds. The Balaban J connectivity index is 2.53. The van der Waals surface area contributed by atoms with E-state index in [1.54, 1.807) is 6.92 Å². The molecule has 2 aromatic rings. The second-order valence-electron chi connectivity index (χ2n) is 3.24. The van der Waals surface area contributed by atoms with Crippen LogP contribution in [0, 0.1) is 12.7 Å². The van der Waals surface area contributed by atoms with Crippen molar-refractivity contribution in [3.8, 4) is 0 Å². The molecule has 1 aromatic heterocycles. The number of rotatable bonds is 2. The zero-order chi connectivity index (χ0) is 12.6. The molecule has 88 valence electrons. The van der Waals surface area contributed by atoms with Crippen molar-refractivity contribution >= 4 is 44.8 Å². The lowest BCUT2D eigenvalue weighted by Crippen LogP contribution is -2.04. The summed E-state index contributed by atoms with van der Waals surface area (Å²) in [5.74, 6) is -1.19. The molecule has 0 aliphatic carbocycles. The number of benzene rings is 1. The molecule has 0 bridgehead atoms. The Labute approximate surface area is 114 Å². The molecule has 0 fully saturated rings. The molecule has 0 aliphatic heterocycles. The van der Waals surface area contributed by atoms with E-state index in [0.717, 1.165) is 11.5 Å². The Morgan fingerprint density at radius 2 is 2.24 bits per heavy atom. The molecule has 1 aromatic carbocycles. The van der Waals surface area contributed by atoms with Gasteiger partial charge < -0.3 is 0 Å². The van der Waals surface area contributed by atoms with Crippen LogP contribution in [0.5, 0.6) is 0 Å². The molecule has 0 radical (unpaired) electrons. The van der Waals surface area contributed by atoms with Gasteiger partial charge in [-0.05, 0) is 46.5 Å². The van der Waals surface area contributed by atoms with Gasteiger partial charge in [0.15, 0.2) is 5.82 Å². The van der Waals surface area contributed by atoms with Gasteiger partial charge in [0, 0.05) is 4.47 Å². The lowest BCUT2D eigenvalue weighted by molar-refractivity contribution is 0.103. The Hall–Kier alpha value is -0.850. The molecule has 0 atom stereocenters. The summed E-state index contributed by atoms with van der Waals surface area (Å²) in [6, 6.07) is 2.91. The summed E-state index contributed by atoms with van der Waals surface area (Å²) in [5.41, 5.74) is 0.408. The van der Waals surface area contributed by atoms with Crippen LogP contribution >= 0.6 is 39.1 Å². The maximum absolute atomic E-state index is 13.8. The molecule has 3 nitrogen and oxygen atoms in total. The van der Waals surface area contributed by atoms with Gasteiger partial charge in [-0.15, -0.1) is 5.10 Å². The number of hydrogen-bond acceptors (Lipinski definition) is 4. The third-order valence-corrected chi connectivity index (χ3v) is 4.22. The average Bonchev–Trinajstić information content (AvgIpc) is 2.72. The fourth-order valence-corrected chi connectivity index (χ4v) is 2.35. The zero-order valence-electron chi connectivity index (χ0n) is 8.50. The predicted octanol–water partition coefficient (Wildman–Crippen LogP) is 3.63. The van der Waals surface area contributed by atoms with E-state index in [4.69, 9.17) is 11.6 Å². The van der Waals surface area contributed by atoms with Crippen LogP contribution in [0.3, 0.4) is 0 Å². The SMILES string of the molecule is Cc1nnsc1C(=O)c1ccc(Br)c(Cl)c1F. The molecule has 1 heterocycles. The second kappa shape index (κ2) is 4.80. The first-order valence-corrected chi connectivity index (χ1v) is 6.44. The highest BCUT2D eigenvalue weighted by Crippen LogP contribution is 2.29. The molecule has 7 heteroatoms. The highest BCUT2D eigenvalue weighted by atomic mass is 79.9. The first kappa shape index (κ1) is 12.6. The third-order valence-electron chi connectivity index (χ3n) is 2.14. The number of carbonyl (C=O) groups is 1. The van der Waals surface area contributed by atoms with Crippen molar-refractivity contribution in [1.82, 2.24) is 9.59 Å². The van der Waals surface area contributed by atoms with Crippen LogP contribution in [0.15, 0.2) is 16.6 Å². The summed E-state index contributed by atoms with van der Waals surface area (Å²) in [6.45, 7) is 1.65. The van der Waals surface area contributed by atoms with Crippen LogP contribution in [-0.2, 0) is 0 Å². The second-order valence-corrected chi connectivity index (χ2v) is 5.23. The Morgan fingerprint density at radius 3 is 2.82 bits per heavy atom. The highest BCUT2D eigenvalue weighted by Gasteiger charge is 2.21. The van der Waals surface area contributed by atoms with Gasteiger partial charge in [-0.3, -0.25) is 4.79 Å². The molecular weight excluding hydrogens is 331 g/mol. The number of hydrogen-bond donors (Lipinski definition) is 0. The van der Waals surface area contributed by atoms with E-state index < -0.39 is 11.6 Å². The summed E-state index contributed by atoms with van der Waals surface area (Å²) < 4.78 is 17.9. The summed E-state index contributed by atoms with van der Waals surface area (Å²) in [5, 5.41) is 3.61. The maximum Gasteiger partial charge on any atom is 0.209 e. The number of aromatic nitrogens is 2. The van der Waals surface area contributed by atoms with Crippen molar-refractivity contribution < 1.29 is 9.18 Å². The molecule has 0 N–H and O–H groups in total. The van der Waals surface area contributed by atoms with Crippen LogP contribution in [0.4, 0.5) is 4.39 Å². The fraction of sp³-hybridized carbons (Fsp3) is 0.100. The van der Waals surface area contributed by atoms with Gasteiger partial charge >= 0.3 is 0 Å². The topological polar surface area (TPSA) is 42.9 Å². The summed E-state index contributed by atoms with van der Waals surface area (Å²) in [4.78, 5) is 12.4. The molecule has 0 spiro atoms. The van der Waals surface area contributed by atoms with E-state index in [-0.39, 0.29) is 10.6 Å². The van der Waals surface area contributed by atoms with Gasteiger partial charge in [0.25, 0.3) is 0 Å². The average molecular weight is 336 g/mol. The lowest BCUT2D eigenvalue weighted by atomic mass is 10.1. The van der Waals surface area contributed by atoms with Gasteiger partial charge in [-0.25, -0.2) is 4.39 Å². The first-order chi connectivity index (χ1) is 8.02. The number of carbonyl (C=O) groups excluding carboxylic acids is 1. The molecule has 17 heavy (non-hydrogen) atoms. The van der Waals surface area contributed by atoms with E-state index >= 15 is 0 Å². The van der Waals surface area contributed by atoms with E-state index in [2.05, 4.69) is 25.5 Å². The lowest BCUT2D eigenvalue weighted by Gasteiger charge is -2.04. The Kier molecular flexibility index (Phi) is 3.56. The van der Waals surface area contributed by atoms with Crippen LogP contribution in [0.2, 0.25) is 5.02 Å². The summed E-state index contributed by atoms with van der Waals surface area (Å²) in [6.07, 6.45) is 0. The van der Waals surface area contributed by atoms with Crippen LogP contribution in [0.25, 0.3) is 0 Å². The quantitative estimate of drug-likeness (QED) is 0.622. The van der Waals surface area contributed by atoms with Gasteiger partial charge in [0.2, 0.25) is 5.78 Å². The standard InChI is InChI=1S/C10H5BrClFN2OS/c1-4-10(17-15-14-4)9(16)5-2-3-6(11)7(12)8(5)13/h2-3H,1H3. The molecule has 0 saturated carbocycles. The summed E-state index contributed by atoms with van der Waals surface area (Å²) >= 11 is 9.75. The largest absolute Gasteiger partial charge is 0.287 e. The van der Waals surface area contributed by atoms with Gasteiger partial charge in [-0.2, -0.15) is 0 Å². The van der Waals surface area contributed by atoms with Crippen LogP contribution in [0.1, 0.15) is 20.9 Å². The van der Waals surface area contributed by atoms with E-state index in [9.17, 15) is 9.18 Å². The van der Waals surface area contributed by atoms with Gasteiger partial charge in [0.1, 0.15) is 4.88 Å². The minimum absolute atomic E-state index is 0.0765. The predicted molar refractivity (Wildman–Crippen MR) is 67.2 cm³/mol.